The summed E-state index contributed by atoms with van der Waals surface area (Å²) in [7, 11) is 1.29. The molecule has 2 atom stereocenters. The Balaban J connectivity index is 2.70. The number of ketones is 2. The van der Waals surface area contributed by atoms with Crippen molar-refractivity contribution in [2.24, 2.45) is 11.8 Å². The second-order valence-corrected chi connectivity index (χ2v) is 6.22. The van der Waals surface area contributed by atoms with E-state index in [-0.39, 0.29) is 24.4 Å². The molecule has 0 aromatic heterocycles. The van der Waals surface area contributed by atoms with Crippen LogP contribution in [0, 0.1) is 11.8 Å². The lowest BCUT2D eigenvalue weighted by molar-refractivity contribution is -0.149. The van der Waals surface area contributed by atoms with E-state index in [4.69, 9.17) is 4.74 Å². The van der Waals surface area contributed by atoms with Crippen LogP contribution in [-0.4, -0.2) is 24.6 Å². The van der Waals surface area contributed by atoms with Gasteiger partial charge in [-0.15, -0.1) is 0 Å². The molecule has 1 aliphatic carbocycles. The molecule has 124 valence electrons. The molecule has 1 aliphatic rings. The Kier molecular flexibility index (Phi) is 8.71. The van der Waals surface area contributed by atoms with E-state index in [0.717, 1.165) is 32.1 Å². The fourth-order valence-electron chi connectivity index (χ4n) is 2.80. The lowest BCUT2D eigenvalue weighted by Gasteiger charge is -2.14. The SMILES string of the molecule is COC(=O)C1CCC(=O)C[C@H](C)CC/C=C\CCCCC1=O. The first-order valence-electron chi connectivity index (χ1n) is 8.31. The van der Waals surface area contributed by atoms with Gasteiger partial charge in [0.25, 0.3) is 0 Å². The van der Waals surface area contributed by atoms with Crippen LogP contribution in [0.15, 0.2) is 12.2 Å². The fraction of sp³-hybridized carbons (Fsp3) is 0.722. The molecule has 22 heavy (non-hydrogen) atoms. The minimum Gasteiger partial charge on any atom is -0.468 e. The molecule has 4 nitrogen and oxygen atoms in total. The van der Waals surface area contributed by atoms with Gasteiger partial charge >= 0.3 is 5.97 Å². The smallest absolute Gasteiger partial charge is 0.316 e. The van der Waals surface area contributed by atoms with E-state index in [1.165, 1.54) is 7.11 Å². The Hall–Kier alpha value is -1.45. The molecule has 0 spiro atoms. The lowest BCUT2D eigenvalue weighted by Crippen LogP contribution is -2.26. The predicted octanol–water partition coefficient (Wildman–Crippen LogP) is 3.63. The molecule has 1 rings (SSSR count). The third-order valence-electron chi connectivity index (χ3n) is 4.20. The number of ether oxygens (including phenoxy) is 1. The standard InChI is InChI=1S/C18H28O4/c1-14-9-7-5-3-4-6-8-10-17(20)16(18(21)22-2)12-11-15(19)13-14/h3,5,14,16H,4,6-13H2,1-2H3/b5-3-/t14-,16?/m1/s1. The highest BCUT2D eigenvalue weighted by Gasteiger charge is 2.27. The predicted molar refractivity (Wildman–Crippen MR) is 85.4 cm³/mol. The summed E-state index contributed by atoms with van der Waals surface area (Å²) < 4.78 is 4.72. The molecule has 0 fully saturated rings. The Labute approximate surface area is 133 Å². The maximum Gasteiger partial charge on any atom is 0.316 e. The van der Waals surface area contributed by atoms with E-state index < -0.39 is 11.9 Å². The third-order valence-corrected chi connectivity index (χ3v) is 4.20. The van der Waals surface area contributed by atoms with Gasteiger partial charge in [0.2, 0.25) is 0 Å². The van der Waals surface area contributed by atoms with E-state index in [2.05, 4.69) is 19.1 Å². The highest BCUT2D eigenvalue weighted by atomic mass is 16.5. The summed E-state index contributed by atoms with van der Waals surface area (Å²) in [4.78, 5) is 36.0. The van der Waals surface area contributed by atoms with E-state index in [1.54, 1.807) is 0 Å². The van der Waals surface area contributed by atoms with Crippen molar-refractivity contribution < 1.29 is 19.1 Å². The number of carbonyl (C=O) groups excluding carboxylic acids is 3. The quantitative estimate of drug-likeness (QED) is 0.421. The highest BCUT2D eigenvalue weighted by molar-refractivity contribution is 5.99. The zero-order valence-electron chi connectivity index (χ0n) is 13.8. The van der Waals surface area contributed by atoms with Gasteiger partial charge in [-0.2, -0.15) is 0 Å². The van der Waals surface area contributed by atoms with Crippen molar-refractivity contribution in [3.05, 3.63) is 12.2 Å². The van der Waals surface area contributed by atoms with Crippen molar-refractivity contribution in [1.29, 1.82) is 0 Å². The van der Waals surface area contributed by atoms with Crippen LogP contribution in [0.3, 0.4) is 0 Å². The zero-order chi connectivity index (χ0) is 16.4. The first-order valence-corrected chi connectivity index (χ1v) is 8.31. The van der Waals surface area contributed by atoms with Crippen LogP contribution in [0.5, 0.6) is 0 Å². The average molecular weight is 308 g/mol. The Morgan fingerprint density at radius 2 is 1.82 bits per heavy atom. The Morgan fingerprint density at radius 1 is 1.09 bits per heavy atom. The number of allylic oxidation sites excluding steroid dienone is 2. The van der Waals surface area contributed by atoms with Crippen LogP contribution in [0.1, 0.15) is 64.7 Å². The van der Waals surface area contributed by atoms with Gasteiger partial charge in [-0.3, -0.25) is 14.4 Å². The van der Waals surface area contributed by atoms with Gasteiger partial charge in [-0.25, -0.2) is 0 Å². The molecule has 1 unspecified atom stereocenters. The fourth-order valence-corrected chi connectivity index (χ4v) is 2.80. The van der Waals surface area contributed by atoms with Crippen molar-refractivity contribution in [2.75, 3.05) is 7.11 Å². The molecule has 0 heterocycles. The minimum atomic E-state index is -0.773. The largest absolute Gasteiger partial charge is 0.468 e. The van der Waals surface area contributed by atoms with Crippen LogP contribution in [0.4, 0.5) is 0 Å². The summed E-state index contributed by atoms with van der Waals surface area (Å²) in [5.41, 5.74) is 0. The first kappa shape index (κ1) is 18.6. The second kappa shape index (κ2) is 10.3. The molecule has 0 N–H and O–H groups in total. The molecular weight excluding hydrogens is 280 g/mol. The van der Waals surface area contributed by atoms with E-state index in [9.17, 15) is 14.4 Å². The van der Waals surface area contributed by atoms with Gasteiger partial charge in [0, 0.05) is 19.3 Å². The summed E-state index contributed by atoms with van der Waals surface area (Å²) in [6, 6.07) is 0. The number of esters is 1. The molecule has 0 bridgehead atoms. The monoisotopic (exact) mass is 308 g/mol. The van der Waals surface area contributed by atoms with Gasteiger partial charge in [0.15, 0.2) is 0 Å². The number of hydrogen-bond donors (Lipinski definition) is 0. The Bertz CT molecular complexity index is 411. The van der Waals surface area contributed by atoms with Crippen molar-refractivity contribution in [3.8, 4) is 0 Å². The van der Waals surface area contributed by atoms with E-state index in [0.29, 0.717) is 18.8 Å². The summed E-state index contributed by atoms with van der Waals surface area (Å²) in [6.07, 6.45) is 10.5. The number of methoxy groups -OCH3 is 1. The topological polar surface area (TPSA) is 60.4 Å². The molecule has 0 amide bonds. The van der Waals surface area contributed by atoms with Crippen molar-refractivity contribution >= 4 is 17.5 Å². The van der Waals surface area contributed by atoms with Gasteiger partial charge in [0.05, 0.1) is 7.11 Å². The third kappa shape index (κ3) is 7.01. The molecule has 0 aromatic carbocycles. The van der Waals surface area contributed by atoms with Crippen molar-refractivity contribution in [3.63, 3.8) is 0 Å². The number of carbonyl (C=O) groups is 3. The van der Waals surface area contributed by atoms with Crippen LogP contribution in [0.2, 0.25) is 0 Å². The molecule has 0 aliphatic heterocycles. The lowest BCUT2D eigenvalue weighted by atomic mass is 9.91. The maximum atomic E-state index is 12.2. The summed E-state index contributed by atoms with van der Waals surface area (Å²) in [5, 5.41) is 0. The second-order valence-electron chi connectivity index (χ2n) is 6.22. The number of Topliss-reactive ketones (excluding diaryl/α,β-unsaturated/α-hetero) is 2. The number of hydrogen-bond acceptors (Lipinski definition) is 4. The summed E-state index contributed by atoms with van der Waals surface area (Å²) in [6.45, 7) is 2.08. The maximum absolute atomic E-state index is 12.2. The highest BCUT2D eigenvalue weighted by Crippen LogP contribution is 2.19. The van der Waals surface area contributed by atoms with Crippen molar-refractivity contribution in [1.82, 2.24) is 0 Å². The van der Waals surface area contributed by atoms with Crippen LogP contribution in [-0.2, 0) is 19.1 Å². The molecule has 0 saturated carbocycles. The van der Waals surface area contributed by atoms with Crippen LogP contribution < -0.4 is 0 Å². The van der Waals surface area contributed by atoms with Crippen LogP contribution >= 0.6 is 0 Å². The number of rotatable bonds is 1. The van der Waals surface area contributed by atoms with E-state index >= 15 is 0 Å². The van der Waals surface area contributed by atoms with E-state index in [1.807, 2.05) is 0 Å². The summed E-state index contributed by atoms with van der Waals surface area (Å²) >= 11 is 0. The first-order chi connectivity index (χ1) is 10.5. The van der Waals surface area contributed by atoms with Gasteiger partial charge in [0.1, 0.15) is 17.5 Å². The molecule has 4 heteroatoms. The minimum absolute atomic E-state index is 0.0912. The average Bonchev–Trinajstić information content (AvgIpc) is 2.49. The Morgan fingerprint density at radius 3 is 2.55 bits per heavy atom. The van der Waals surface area contributed by atoms with Gasteiger partial charge < -0.3 is 4.74 Å². The van der Waals surface area contributed by atoms with Gasteiger partial charge in [-0.05, 0) is 44.4 Å². The normalized spacial score (nSPS) is 27.5. The molecule has 0 saturated heterocycles. The van der Waals surface area contributed by atoms with Gasteiger partial charge in [-0.1, -0.05) is 19.1 Å². The molecular formula is C18H28O4. The molecule has 0 aromatic rings. The van der Waals surface area contributed by atoms with Crippen molar-refractivity contribution in [2.45, 2.75) is 64.7 Å². The van der Waals surface area contributed by atoms with Crippen LogP contribution in [0.25, 0.3) is 0 Å². The summed E-state index contributed by atoms with van der Waals surface area (Å²) in [5.74, 6) is -0.894. The zero-order valence-corrected chi connectivity index (χ0v) is 13.8. The molecule has 0 radical (unpaired) electrons.